The van der Waals surface area contributed by atoms with Gasteiger partial charge in [-0.1, -0.05) is 0 Å². The lowest BCUT2D eigenvalue weighted by Crippen LogP contribution is -1.97. The summed E-state index contributed by atoms with van der Waals surface area (Å²) in [5.41, 5.74) is 0. The highest BCUT2D eigenvalue weighted by Gasteiger charge is 1.99. The molecule has 10 heavy (non-hydrogen) atoms. The summed E-state index contributed by atoms with van der Waals surface area (Å²) >= 11 is 0. The Morgan fingerprint density at radius 3 is 1.60 bits per heavy atom. The van der Waals surface area contributed by atoms with E-state index in [0.29, 0.717) is 0 Å². The van der Waals surface area contributed by atoms with Gasteiger partial charge in [0.2, 0.25) is 0 Å². The molecule has 0 aromatic heterocycles. The molecule has 0 saturated heterocycles. The van der Waals surface area contributed by atoms with Gasteiger partial charge < -0.3 is 10.2 Å². The lowest BCUT2D eigenvalue weighted by molar-refractivity contribution is -0.139. The number of carboxylic acids is 2. The second-order valence-electron chi connectivity index (χ2n) is 1.46. The first-order valence-electron chi connectivity index (χ1n) is 4.56. The zero-order valence-corrected chi connectivity index (χ0v) is 5.13. The zero-order chi connectivity index (χ0) is 11.6. The summed E-state index contributed by atoms with van der Waals surface area (Å²) < 4.78 is 27.6. The molecule has 0 aromatic carbocycles. The van der Waals surface area contributed by atoms with E-state index in [1.54, 1.807) is 0 Å². The van der Waals surface area contributed by atoms with Crippen LogP contribution >= 0.6 is 0 Å². The monoisotopic (exact) mass is 150 g/mol. The highest BCUT2D eigenvalue weighted by Crippen LogP contribution is 1.98. The summed E-state index contributed by atoms with van der Waals surface area (Å²) in [6, 6.07) is 0. The predicted molar refractivity (Wildman–Crippen MR) is 33.7 cm³/mol. The van der Waals surface area contributed by atoms with E-state index >= 15 is 0 Å². The smallest absolute Gasteiger partial charge is 0.303 e. The third kappa shape index (κ3) is 6.94. The number of rotatable bonds is 5. The van der Waals surface area contributed by atoms with E-state index in [0.717, 1.165) is 0 Å². The fourth-order valence-corrected chi connectivity index (χ4v) is 0.339. The van der Waals surface area contributed by atoms with Crippen molar-refractivity contribution < 1.29 is 25.3 Å². The van der Waals surface area contributed by atoms with Gasteiger partial charge in [0.05, 0.1) is 0 Å². The van der Waals surface area contributed by atoms with E-state index in [1.165, 1.54) is 0 Å². The van der Waals surface area contributed by atoms with E-state index in [2.05, 4.69) is 0 Å². The first kappa shape index (κ1) is 3.95. The standard InChI is InChI=1S/C6H10O4/c7-5(8)3-1-2-4-6(9)10/h1-4H2,(H,7,8)(H,9,10)/i3D2,4D2. The van der Waals surface area contributed by atoms with E-state index in [4.69, 9.17) is 15.7 Å². The largest absolute Gasteiger partial charge is 0.481 e. The third-order valence-electron chi connectivity index (χ3n) is 0.677. The van der Waals surface area contributed by atoms with Gasteiger partial charge in [0.15, 0.2) is 0 Å². The molecule has 0 heterocycles. The van der Waals surface area contributed by atoms with Gasteiger partial charge in [-0.2, -0.15) is 0 Å². The molecular formula is C6H10O4. The van der Waals surface area contributed by atoms with Gasteiger partial charge in [-0.3, -0.25) is 9.59 Å². The van der Waals surface area contributed by atoms with Gasteiger partial charge in [-0.05, 0) is 12.8 Å². The molecule has 0 fully saturated rings. The Bertz CT molecular complexity index is 224. The van der Waals surface area contributed by atoms with Gasteiger partial charge in [0.25, 0.3) is 0 Å². The second kappa shape index (κ2) is 4.78. The van der Waals surface area contributed by atoms with Crippen LogP contribution in [-0.2, 0) is 9.59 Å². The third-order valence-corrected chi connectivity index (χ3v) is 0.677. The Labute approximate surface area is 64.1 Å². The maximum absolute atomic E-state index is 10.3. The maximum atomic E-state index is 10.3. The Kier molecular flexibility index (Phi) is 1.89. The van der Waals surface area contributed by atoms with Crippen LogP contribution in [0.25, 0.3) is 0 Å². The summed E-state index contributed by atoms with van der Waals surface area (Å²) in [5.74, 6) is -3.45. The molecule has 0 spiro atoms. The quantitative estimate of drug-likeness (QED) is 0.605. The van der Waals surface area contributed by atoms with Crippen molar-refractivity contribution in [1.29, 1.82) is 0 Å². The minimum Gasteiger partial charge on any atom is -0.481 e. The van der Waals surface area contributed by atoms with Crippen molar-refractivity contribution in [1.82, 2.24) is 0 Å². The van der Waals surface area contributed by atoms with E-state index in [9.17, 15) is 9.59 Å². The highest BCUT2D eigenvalue weighted by molar-refractivity contribution is 5.67. The molecule has 0 rings (SSSR count). The fraction of sp³-hybridized carbons (Fsp3) is 0.667. The second-order valence-corrected chi connectivity index (χ2v) is 1.46. The van der Waals surface area contributed by atoms with Crippen LogP contribution in [0.3, 0.4) is 0 Å². The normalized spacial score (nSPS) is 18.0. The van der Waals surface area contributed by atoms with Crippen LogP contribution in [0.4, 0.5) is 0 Å². The Morgan fingerprint density at radius 1 is 1.10 bits per heavy atom. The molecule has 0 saturated carbocycles. The topological polar surface area (TPSA) is 74.6 Å². The molecule has 0 amide bonds. The van der Waals surface area contributed by atoms with Gasteiger partial charge in [0.1, 0.15) is 0 Å². The molecule has 58 valence electrons. The Hall–Kier alpha value is -1.06. The van der Waals surface area contributed by atoms with Gasteiger partial charge in [-0.15, -0.1) is 0 Å². The van der Waals surface area contributed by atoms with Crippen molar-refractivity contribution in [2.75, 3.05) is 0 Å². The number of hydrogen-bond acceptors (Lipinski definition) is 2. The number of carboxylic acid groups (broad SMARTS) is 2. The molecule has 4 nitrogen and oxygen atoms in total. The highest BCUT2D eigenvalue weighted by atomic mass is 16.4. The molecule has 0 atom stereocenters. The molecule has 0 aliphatic carbocycles. The summed E-state index contributed by atoms with van der Waals surface area (Å²) in [6.45, 7) is 0. The minimum atomic E-state index is -2.59. The fourth-order valence-electron chi connectivity index (χ4n) is 0.339. The first-order valence-corrected chi connectivity index (χ1v) is 2.56. The zero-order valence-electron chi connectivity index (χ0n) is 9.13. The average molecular weight is 150 g/mol. The molecule has 0 aliphatic heterocycles. The number of aliphatic carboxylic acids is 2. The molecule has 0 aliphatic rings. The van der Waals surface area contributed by atoms with Gasteiger partial charge in [-0.25, -0.2) is 0 Å². The van der Waals surface area contributed by atoms with Crippen molar-refractivity contribution in [3.8, 4) is 0 Å². The van der Waals surface area contributed by atoms with Crippen molar-refractivity contribution in [3.05, 3.63) is 0 Å². The van der Waals surface area contributed by atoms with Crippen molar-refractivity contribution in [2.24, 2.45) is 0 Å². The first-order chi connectivity index (χ1) is 6.09. The van der Waals surface area contributed by atoms with Crippen molar-refractivity contribution in [2.45, 2.75) is 25.6 Å². The van der Waals surface area contributed by atoms with Crippen LogP contribution in [0.5, 0.6) is 0 Å². The van der Waals surface area contributed by atoms with Crippen LogP contribution in [0, 0.1) is 0 Å². The molecule has 0 radical (unpaired) electrons. The van der Waals surface area contributed by atoms with Crippen LogP contribution in [-0.4, -0.2) is 22.2 Å². The van der Waals surface area contributed by atoms with Crippen molar-refractivity contribution >= 4 is 11.9 Å². The summed E-state index contributed by atoms with van der Waals surface area (Å²) in [5, 5.41) is 16.7. The molecule has 4 heteroatoms. The summed E-state index contributed by atoms with van der Waals surface area (Å²) in [4.78, 5) is 20.5. The maximum Gasteiger partial charge on any atom is 0.303 e. The van der Waals surface area contributed by atoms with Crippen LogP contribution in [0.15, 0.2) is 0 Å². The SMILES string of the molecule is [2H]C([2H])(CCC([2H])([2H])C(=O)O)C(=O)O. The summed E-state index contributed by atoms with van der Waals surface area (Å²) in [7, 11) is 0. The molecule has 0 aromatic rings. The molecular weight excluding hydrogens is 136 g/mol. The van der Waals surface area contributed by atoms with Crippen LogP contribution < -0.4 is 0 Å². The number of hydrogen-bond donors (Lipinski definition) is 2. The molecule has 2 N–H and O–H groups in total. The van der Waals surface area contributed by atoms with Gasteiger partial charge in [0, 0.05) is 18.2 Å². The minimum absolute atomic E-state index is 0.679. The number of carbonyl (C=O) groups is 2. The average Bonchev–Trinajstić information content (AvgIpc) is 2.01. The Morgan fingerprint density at radius 2 is 1.40 bits per heavy atom. The van der Waals surface area contributed by atoms with Crippen LogP contribution in [0.1, 0.15) is 31.1 Å². The van der Waals surface area contributed by atoms with Gasteiger partial charge >= 0.3 is 11.9 Å². The van der Waals surface area contributed by atoms with E-state index in [1.807, 2.05) is 0 Å². The summed E-state index contributed by atoms with van der Waals surface area (Å²) in [6.07, 6.45) is -6.55. The Balaban J connectivity index is 4.32. The van der Waals surface area contributed by atoms with Crippen LogP contribution in [0.2, 0.25) is 0 Å². The molecule has 0 bridgehead atoms. The van der Waals surface area contributed by atoms with Crippen molar-refractivity contribution in [3.63, 3.8) is 0 Å². The van der Waals surface area contributed by atoms with E-state index in [-0.39, 0.29) is 0 Å². The predicted octanol–water partition coefficient (Wildman–Crippen LogP) is 0.716. The molecule has 0 unspecified atom stereocenters. The lowest BCUT2D eigenvalue weighted by atomic mass is 10.2. The van der Waals surface area contributed by atoms with E-state index < -0.39 is 37.5 Å². The lowest BCUT2D eigenvalue weighted by Gasteiger charge is -1.92.